The van der Waals surface area contributed by atoms with Crippen LogP contribution in [0.3, 0.4) is 0 Å². The molecule has 0 aliphatic rings. The Hall–Kier alpha value is -0.860. The fraction of sp³-hybridized carbons (Fsp3) is 0.800. The maximum absolute atomic E-state index is 4.49. The highest BCUT2D eigenvalue weighted by atomic mass is 15.2. The summed E-state index contributed by atoms with van der Waals surface area (Å²) in [6, 6.07) is 0. The molecule has 0 unspecified atom stereocenters. The molecule has 3 heteroatoms. The summed E-state index contributed by atoms with van der Waals surface area (Å²) in [7, 11) is 0. The smallest absolute Gasteiger partial charge is 0.156 e. The molecule has 13 heavy (non-hydrogen) atoms. The number of aromatic nitrogens is 3. The molecule has 0 saturated carbocycles. The maximum Gasteiger partial charge on any atom is 0.156 e. The summed E-state index contributed by atoms with van der Waals surface area (Å²) in [5.41, 5.74) is 0.0869. The SMILES string of the molecule is CCC(C)(C)c1n[nH]c(C(C)C)n1. The highest BCUT2D eigenvalue weighted by molar-refractivity contribution is 5.05. The molecule has 0 saturated heterocycles. The second kappa shape index (κ2) is 3.48. The number of nitrogens with zero attached hydrogens (tertiary/aromatic N) is 2. The molecule has 0 aliphatic carbocycles. The minimum absolute atomic E-state index is 0.0869. The Balaban J connectivity index is 2.91. The van der Waals surface area contributed by atoms with E-state index in [1.807, 2.05) is 0 Å². The molecular weight excluding hydrogens is 162 g/mol. The summed E-state index contributed by atoms with van der Waals surface area (Å²) < 4.78 is 0. The van der Waals surface area contributed by atoms with Gasteiger partial charge in [-0.15, -0.1) is 0 Å². The van der Waals surface area contributed by atoms with Gasteiger partial charge < -0.3 is 0 Å². The van der Waals surface area contributed by atoms with Crippen LogP contribution >= 0.6 is 0 Å². The van der Waals surface area contributed by atoms with Crippen molar-refractivity contribution in [1.29, 1.82) is 0 Å². The van der Waals surface area contributed by atoms with Crippen molar-refractivity contribution in [3.8, 4) is 0 Å². The van der Waals surface area contributed by atoms with Gasteiger partial charge in [-0.2, -0.15) is 5.10 Å². The Morgan fingerprint density at radius 1 is 1.38 bits per heavy atom. The fourth-order valence-electron chi connectivity index (χ4n) is 0.993. The van der Waals surface area contributed by atoms with Crippen LogP contribution in [0.1, 0.15) is 58.6 Å². The highest BCUT2D eigenvalue weighted by Gasteiger charge is 2.23. The number of hydrogen-bond acceptors (Lipinski definition) is 2. The van der Waals surface area contributed by atoms with E-state index in [2.05, 4.69) is 49.8 Å². The molecule has 0 aromatic carbocycles. The second-order valence-electron chi connectivity index (χ2n) is 4.44. The van der Waals surface area contributed by atoms with Gasteiger partial charge in [0, 0.05) is 11.3 Å². The molecule has 0 atom stereocenters. The van der Waals surface area contributed by atoms with Crippen molar-refractivity contribution in [3.63, 3.8) is 0 Å². The summed E-state index contributed by atoms with van der Waals surface area (Å²) in [5, 5.41) is 7.23. The van der Waals surface area contributed by atoms with Crippen molar-refractivity contribution in [2.45, 2.75) is 52.4 Å². The van der Waals surface area contributed by atoms with E-state index in [1.54, 1.807) is 0 Å². The van der Waals surface area contributed by atoms with Crippen LogP contribution in [0.25, 0.3) is 0 Å². The van der Waals surface area contributed by atoms with E-state index in [1.165, 1.54) is 0 Å². The van der Waals surface area contributed by atoms with Crippen LogP contribution in [-0.4, -0.2) is 15.2 Å². The molecule has 1 rings (SSSR count). The predicted octanol–water partition coefficient (Wildman–Crippen LogP) is 2.62. The molecule has 0 aliphatic heterocycles. The van der Waals surface area contributed by atoms with Crippen LogP contribution < -0.4 is 0 Å². The Kier molecular flexibility index (Phi) is 2.74. The van der Waals surface area contributed by atoms with Crippen LogP contribution in [0.15, 0.2) is 0 Å². The molecule has 74 valence electrons. The number of nitrogens with one attached hydrogen (secondary N) is 1. The van der Waals surface area contributed by atoms with Crippen LogP contribution in [0.4, 0.5) is 0 Å². The van der Waals surface area contributed by atoms with Crippen LogP contribution in [-0.2, 0) is 5.41 Å². The lowest BCUT2D eigenvalue weighted by Gasteiger charge is -2.17. The van der Waals surface area contributed by atoms with E-state index in [-0.39, 0.29) is 5.41 Å². The average molecular weight is 181 g/mol. The summed E-state index contributed by atoms with van der Waals surface area (Å²) in [4.78, 5) is 4.49. The summed E-state index contributed by atoms with van der Waals surface area (Å²) in [5.74, 6) is 2.34. The predicted molar refractivity (Wildman–Crippen MR) is 53.8 cm³/mol. The molecule has 0 fully saturated rings. The average Bonchev–Trinajstić information content (AvgIpc) is 2.52. The van der Waals surface area contributed by atoms with E-state index in [9.17, 15) is 0 Å². The first-order valence-electron chi connectivity index (χ1n) is 4.90. The van der Waals surface area contributed by atoms with Gasteiger partial charge in [0.05, 0.1) is 0 Å². The summed E-state index contributed by atoms with van der Waals surface area (Å²) in [6.07, 6.45) is 1.06. The summed E-state index contributed by atoms with van der Waals surface area (Å²) >= 11 is 0. The van der Waals surface area contributed by atoms with Crippen molar-refractivity contribution < 1.29 is 0 Å². The fourth-order valence-corrected chi connectivity index (χ4v) is 0.993. The second-order valence-corrected chi connectivity index (χ2v) is 4.44. The largest absolute Gasteiger partial charge is 0.263 e. The molecule has 0 amide bonds. The maximum atomic E-state index is 4.49. The first-order valence-corrected chi connectivity index (χ1v) is 4.90. The molecule has 0 radical (unpaired) electrons. The van der Waals surface area contributed by atoms with Crippen molar-refractivity contribution in [2.75, 3.05) is 0 Å². The number of aromatic amines is 1. The molecule has 1 N–H and O–H groups in total. The van der Waals surface area contributed by atoms with Gasteiger partial charge in [0.25, 0.3) is 0 Å². The number of rotatable bonds is 3. The molecular formula is C10H19N3. The third-order valence-electron chi connectivity index (χ3n) is 2.54. The van der Waals surface area contributed by atoms with Gasteiger partial charge in [-0.1, -0.05) is 34.6 Å². The monoisotopic (exact) mass is 181 g/mol. The van der Waals surface area contributed by atoms with Gasteiger partial charge in [-0.3, -0.25) is 5.10 Å². The molecule has 0 spiro atoms. The van der Waals surface area contributed by atoms with Gasteiger partial charge in [0.2, 0.25) is 0 Å². The van der Waals surface area contributed by atoms with Crippen LogP contribution in [0, 0.1) is 0 Å². The van der Waals surface area contributed by atoms with E-state index in [0.29, 0.717) is 5.92 Å². The van der Waals surface area contributed by atoms with Gasteiger partial charge in [0.15, 0.2) is 5.82 Å². The van der Waals surface area contributed by atoms with Gasteiger partial charge in [0.1, 0.15) is 5.82 Å². The zero-order chi connectivity index (χ0) is 10.1. The van der Waals surface area contributed by atoms with E-state index in [4.69, 9.17) is 0 Å². The quantitative estimate of drug-likeness (QED) is 0.778. The Morgan fingerprint density at radius 2 is 2.00 bits per heavy atom. The third-order valence-corrected chi connectivity index (χ3v) is 2.54. The normalized spacial score (nSPS) is 12.5. The standard InChI is InChI=1S/C10H19N3/c1-6-10(4,5)9-11-8(7(2)3)12-13-9/h7H,6H2,1-5H3,(H,11,12,13). The zero-order valence-corrected chi connectivity index (χ0v) is 9.18. The van der Waals surface area contributed by atoms with Gasteiger partial charge in [-0.25, -0.2) is 4.98 Å². The third kappa shape index (κ3) is 2.08. The van der Waals surface area contributed by atoms with E-state index in [0.717, 1.165) is 18.1 Å². The van der Waals surface area contributed by atoms with Crippen LogP contribution in [0.2, 0.25) is 0 Å². The molecule has 1 aromatic rings. The first kappa shape index (κ1) is 10.2. The van der Waals surface area contributed by atoms with Crippen molar-refractivity contribution in [2.24, 2.45) is 0 Å². The zero-order valence-electron chi connectivity index (χ0n) is 9.18. The van der Waals surface area contributed by atoms with E-state index >= 15 is 0 Å². The van der Waals surface area contributed by atoms with E-state index < -0.39 is 0 Å². The molecule has 3 nitrogen and oxygen atoms in total. The minimum Gasteiger partial charge on any atom is -0.263 e. The lowest BCUT2D eigenvalue weighted by molar-refractivity contribution is 0.474. The topological polar surface area (TPSA) is 41.6 Å². The first-order chi connectivity index (χ1) is 5.97. The summed E-state index contributed by atoms with van der Waals surface area (Å²) in [6.45, 7) is 10.7. The van der Waals surface area contributed by atoms with Crippen molar-refractivity contribution >= 4 is 0 Å². The number of hydrogen-bond donors (Lipinski definition) is 1. The minimum atomic E-state index is 0.0869. The molecule has 1 heterocycles. The van der Waals surface area contributed by atoms with Crippen LogP contribution in [0.5, 0.6) is 0 Å². The Labute approximate surface area is 80.0 Å². The Morgan fingerprint density at radius 3 is 2.38 bits per heavy atom. The molecule has 0 bridgehead atoms. The lowest BCUT2D eigenvalue weighted by Crippen LogP contribution is -2.17. The Bertz CT molecular complexity index is 273. The highest BCUT2D eigenvalue weighted by Crippen LogP contribution is 2.23. The van der Waals surface area contributed by atoms with Crippen molar-refractivity contribution in [3.05, 3.63) is 11.6 Å². The lowest BCUT2D eigenvalue weighted by atomic mass is 9.89. The van der Waals surface area contributed by atoms with Gasteiger partial charge >= 0.3 is 0 Å². The van der Waals surface area contributed by atoms with Crippen molar-refractivity contribution in [1.82, 2.24) is 15.2 Å². The van der Waals surface area contributed by atoms with Gasteiger partial charge in [-0.05, 0) is 6.42 Å². The number of H-pyrrole nitrogens is 1. The molecule has 1 aromatic heterocycles.